The maximum Gasteiger partial charge on any atom is 0.280 e. The van der Waals surface area contributed by atoms with Crippen LogP contribution in [0.5, 0.6) is 0 Å². The quantitative estimate of drug-likeness (QED) is 0.622. The monoisotopic (exact) mass is 407 g/mol. The predicted molar refractivity (Wildman–Crippen MR) is 94.7 cm³/mol. The minimum Gasteiger partial charge on any atom is -0.338 e. The van der Waals surface area contributed by atoms with Crippen LogP contribution in [0.3, 0.4) is 0 Å². The van der Waals surface area contributed by atoms with Crippen molar-refractivity contribution < 1.29 is 22.4 Å². The Morgan fingerprint density at radius 2 is 2.03 bits per heavy atom. The van der Waals surface area contributed by atoms with E-state index in [2.05, 4.69) is 15.1 Å². The first-order chi connectivity index (χ1) is 13.8. The summed E-state index contributed by atoms with van der Waals surface area (Å²) in [6.07, 6.45) is -0.247. The van der Waals surface area contributed by atoms with Crippen molar-refractivity contribution in [2.45, 2.75) is 32.1 Å². The summed E-state index contributed by atoms with van der Waals surface area (Å²) in [5, 5.41) is 4.06. The number of benzene rings is 1. The number of likely N-dealkylation sites (tertiary alicyclic amines) is 1. The van der Waals surface area contributed by atoms with E-state index in [9.17, 15) is 22.4 Å². The fraction of sp³-hybridized carbons (Fsp3) is 0.368. The van der Waals surface area contributed by atoms with Crippen LogP contribution in [-0.4, -0.2) is 43.5 Å². The molecule has 1 aliphatic heterocycles. The molecular formula is C19H17F4N5O. The largest absolute Gasteiger partial charge is 0.338 e. The predicted octanol–water partition coefficient (Wildman–Crippen LogP) is 3.67. The lowest BCUT2D eigenvalue weighted by Crippen LogP contribution is -2.39. The molecule has 0 unspecified atom stereocenters. The summed E-state index contributed by atoms with van der Waals surface area (Å²) in [5.74, 6) is -2.71. The van der Waals surface area contributed by atoms with Crippen LogP contribution >= 0.6 is 0 Å². The number of hydrogen-bond donors (Lipinski definition) is 0. The topological polar surface area (TPSA) is 63.4 Å². The number of piperidine rings is 1. The number of alkyl halides is 2. The number of rotatable bonds is 3. The maximum atomic E-state index is 13.7. The Morgan fingerprint density at radius 1 is 1.24 bits per heavy atom. The molecule has 1 aliphatic rings. The summed E-state index contributed by atoms with van der Waals surface area (Å²) >= 11 is 0. The van der Waals surface area contributed by atoms with Crippen molar-refractivity contribution >= 4 is 11.7 Å². The molecule has 0 radical (unpaired) electrons. The van der Waals surface area contributed by atoms with E-state index in [0.717, 1.165) is 6.07 Å². The third kappa shape index (κ3) is 3.54. The standard InChI is InChI=1S/C19H17F4N5O/c1-10-5-12(6-13(20)16(10)21)18(29)27-4-2-3-11(8-27)15-7-14(17(22)23)26-19-24-9-25-28(15)19/h5-7,9,11,17H,2-4,8H2,1H3/t11-/m0/s1. The number of halogens is 4. The number of aromatic nitrogens is 4. The highest BCUT2D eigenvalue weighted by Gasteiger charge is 2.29. The van der Waals surface area contributed by atoms with Gasteiger partial charge in [0.05, 0.1) is 5.69 Å². The first kappa shape index (κ1) is 19.3. The minimum absolute atomic E-state index is 0.0435. The van der Waals surface area contributed by atoms with E-state index in [1.165, 1.54) is 34.8 Å². The van der Waals surface area contributed by atoms with Crippen molar-refractivity contribution in [3.05, 3.63) is 58.7 Å². The molecular weight excluding hydrogens is 390 g/mol. The third-order valence-electron chi connectivity index (χ3n) is 5.11. The highest BCUT2D eigenvalue weighted by molar-refractivity contribution is 5.94. The van der Waals surface area contributed by atoms with Crippen LogP contribution < -0.4 is 0 Å². The Kier molecular flexibility index (Phi) is 4.93. The lowest BCUT2D eigenvalue weighted by molar-refractivity contribution is 0.0704. The molecule has 0 aliphatic carbocycles. The van der Waals surface area contributed by atoms with Gasteiger partial charge in [0.1, 0.15) is 12.0 Å². The van der Waals surface area contributed by atoms with E-state index < -0.39 is 29.7 Å². The fourth-order valence-electron chi connectivity index (χ4n) is 3.69. The molecule has 1 aromatic carbocycles. The molecule has 1 fully saturated rings. The van der Waals surface area contributed by atoms with Crippen LogP contribution in [0.4, 0.5) is 17.6 Å². The molecule has 0 bridgehead atoms. The van der Waals surface area contributed by atoms with Gasteiger partial charge in [0.15, 0.2) is 11.6 Å². The van der Waals surface area contributed by atoms with Crippen molar-refractivity contribution in [3.8, 4) is 0 Å². The second-order valence-electron chi connectivity index (χ2n) is 7.06. The zero-order chi connectivity index (χ0) is 20.7. The van der Waals surface area contributed by atoms with Crippen LogP contribution in [0.25, 0.3) is 5.78 Å². The third-order valence-corrected chi connectivity index (χ3v) is 5.11. The molecule has 6 nitrogen and oxygen atoms in total. The van der Waals surface area contributed by atoms with E-state index in [4.69, 9.17) is 0 Å². The van der Waals surface area contributed by atoms with Crippen LogP contribution in [0.15, 0.2) is 24.5 Å². The zero-order valence-corrected chi connectivity index (χ0v) is 15.4. The average Bonchev–Trinajstić information content (AvgIpc) is 3.19. The van der Waals surface area contributed by atoms with Gasteiger partial charge in [0.2, 0.25) is 0 Å². The van der Waals surface area contributed by atoms with Gasteiger partial charge in [-0.3, -0.25) is 4.79 Å². The molecule has 0 N–H and O–H groups in total. The molecule has 0 saturated carbocycles. The molecule has 152 valence electrons. The Morgan fingerprint density at radius 3 is 2.76 bits per heavy atom. The molecule has 10 heteroatoms. The van der Waals surface area contributed by atoms with Gasteiger partial charge in [-0.25, -0.2) is 27.1 Å². The second kappa shape index (κ2) is 7.41. The van der Waals surface area contributed by atoms with Gasteiger partial charge < -0.3 is 4.90 Å². The number of carbonyl (C=O) groups is 1. The highest BCUT2D eigenvalue weighted by atomic mass is 19.3. The number of aryl methyl sites for hydroxylation is 1. The zero-order valence-electron chi connectivity index (χ0n) is 15.4. The van der Waals surface area contributed by atoms with Gasteiger partial charge in [0.25, 0.3) is 18.1 Å². The van der Waals surface area contributed by atoms with Gasteiger partial charge in [-0.2, -0.15) is 10.1 Å². The number of fused-ring (bicyclic) bond motifs is 1. The van der Waals surface area contributed by atoms with Crippen molar-refractivity contribution in [1.82, 2.24) is 24.5 Å². The van der Waals surface area contributed by atoms with Crippen molar-refractivity contribution in [2.75, 3.05) is 13.1 Å². The van der Waals surface area contributed by atoms with Crippen LogP contribution in [-0.2, 0) is 0 Å². The Hall–Kier alpha value is -3.04. The van der Waals surface area contributed by atoms with E-state index in [1.54, 1.807) is 0 Å². The number of carbonyl (C=O) groups excluding carboxylic acids is 1. The summed E-state index contributed by atoms with van der Waals surface area (Å²) in [7, 11) is 0. The lowest BCUT2D eigenvalue weighted by Gasteiger charge is -2.33. The highest BCUT2D eigenvalue weighted by Crippen LogP contribution is 2.30. The molecule has 0 spiro atoms. The van der Waals surface area contributed by atoms with E-state index in [0.29, 0.717) is 25.1 Å². The van der Waals surface area contributed by atoms with Gasteiger partial charge in [0, 0.05) is 24.6 Å². The first-order valence-corrected chi connectivity index (χ1v) is 9.08. The molecule has 2 aromatic heterocycles. The number of hydrogen-bond acceptors (Lipinski definition) is 4. The second-order valence-corrected chi connectivity index (χ2v) is 7.06. The first-order valence-electron chi connectivity index (χ1n) is 9.08. The Bertz CT molecular complexity index is 1060. The smallest absolute Gasteiger partial charge is 0.280 e. The number of nitrogens with zero attached hydrogens (tertiary/aromatic N) is 5. The van der Waals surface area contributed by atoms with Crippen LogP contribution in [0.1, 0.15) is 52.5 Å². The van der Waals surface area contributed by atoms with E-state index in [1.807, 2.05) is 0 Å². The Balaban J connectivity index is 1.65. The molecule has 1 amide bonds. The summed E-state index contributed by atoms with van der Waals surface area (Å²) in [6, 6.07) is 3.47. The van der Waals surface area contributed by atoms with Crippen molar-refractivity contribution in [3.63, 3.8) is 0 Å². The summed E-state index contributed by atoms with van der Waals surface area (Å²) in [6.45, 7) is 2.05. The molecule has 4 rings (SSSR count). The molecule has 29 heavy (non-hydrogen) atoms. The van der Waals surface area contributed by atoms with Crippen LogP contribution in [0, 0.1) is 18.6 Å². The summed E-state index contributed by atoms with van der Waals surface area (Å²) in [4.78, 5) is 22.1. The summed E-state index contributed by atoms with van der Waals surface area (Å²) in [5.41, 5.74) is 0.180. The fourth-order valence-corrected chi connectivity index (χ4v) is 3.69. The molecule has 3 aromatic rings. The minimum atomic E-state index is -2.76. The van der Waals surface area contributed by atoms with Gasteiger partial charge in [-0.15, -0.1) is 0 Å². The Labute approximate surface area is 163 Å². The lowest BCUT2D eigenvalue weighted by atomic mass is 9.93. The molecule has 3 heterocycles. The molecule has 1 saturated heterocycles. The van der Waals surface area contributed by atoms with Gasteiger partial charge in [-0.05, 0) is 43.5 Å². The SMILES string of the molecule is Cc1cc(C(=O)N2CCC[C@H](c3cc(C(F)F)nc4ncnn34)C2)cc(F)c1F. The molecule has 1 atom stereocenters. The maximum absolute atomic E-state index is 13.7. The van der Waals surface area contributed by atoms with E-state index >= 15 is 0 Å². The van der Waals surface area contributed by atoms with Gasteiger partial charge in [-0.1, -0.05) is 0 Å². The normalized spacial score (nSPS) is 17.3. The van der Waals surface area contributed by atoms with Crippen LogP contribution in [0.2, 0.25) is 0 Å². The number of amides is 1. The van der Waals surface area contributed by atoms with Crippen molar-refractivity contribution in [2.24, 2.45) is 0 Å². The van der Waals surface area contributed by atoms with Gasteiger partial charge >= 0.3 is 0 Å². The average molecular weight is 407 g/mol. The summed E-state index contributed by atoms with van der Waals surface area (Å²) < 4.78 is 55.1. The van der Waals surface area contributed by atoms with E-state index in [-0.39, 0.29) is 29.4 Å². The van der Waals surface area contributed by atoms with Crippen molar-refractivity contribution in [1.29, 1.82) is 0 Å².